The summed E-state index contributed by atoms with van der Waals surface area (Å²) < 4.78 is 36.8. The monoisotopic (exact) mass is 266 g/mol. The third-order valence-corrected chi connectivity index (χ3v) is 2.11. The van der Waals surface area contributed by atoms with Gasteiger partial charge in [0.1, 0.15) is 6.54 Å². The maximum Gasteiger partial charge on any atom is 0.406 e. The lowest BCUT2D eigenvalue weighted by Gasteiger charge is -2.22. The van der Waals surface area contributed by atoms with E-state index in [-0.39, 0.29) is 18.0 Å². The number of alkyl halides is 4. The standard InChI is InChI=1S/C10H10ClF3N2O/c11-3-6-16(7-10(12,13)14)9(17)8-1-4-15-5-2-8/h1-2,4-5H,3,6-7H2. The van der Waals surface area contributed by atoms with Crippen molar-refractivity contribution in [1.82, 2.24) is 9.88 Å². The van der Waals surface area contributed by atoms with Gasteiger partial charge in [0.25, 0.3) is 5.91 Å². The van der Waals surface area contributed by atoms with Crippen LogP contribution < -0.4 is 0 Å². The fraction of sp³-hybridized carbons (Fsp3) is 0.400. The minimum Gasteiger partial charge on any atom is -0.328 e. The number of amides is 1. The van der Waals surface area contributed by atoms with Crippen LogP contribution in [0.3, 0.4) is 0 Å². The Labute approximate surface area is 101 Å². The average Bonchev–Trinajstić information content (AvgIpc) is 2.27. The molecule has 0 spiro atoms. The van der Waals surface area contributed by atoms with Crippen molar-refractivity contribution >= 4 is 17.5 Å². The molecule has 1 rings (SSSR count). The summed E-state index contributed by atoms with van der Waals surface area (Å²) in [6.45, 7) is -1.46. The molecule has 0 aliphatic heterocycles. The van der Waals surface area contributed by atoms with Gasteiger partial charge >= 0.3 is 6.18 Å². The Bertz CT molecular complexity index is 370. The number of carbonyl (C=O) groups is 1. The summed E-state index contributed by atoms with van der Waals surface area (Å²) in [5, 5.41) is 0. The Kier molecular flexibility index (Phi) is 4.74. The summed E-state index contributed by atoms with van der Waals surface area (Å²) in [6, 6.07) is 2.72. The molecule has 0 aliphatic carbocycles. The van der Waals surface area contributed by atoms with Crippen molar-refractivity contribution in [2.75, 3.05) is 19.0 Å². The van der Waals surface area contributed by atoms with E-state index in [1.54, 1.807) is 0 Å². The highest BCUT2D eigenvalue weighted by molar-refractivity contribution is 6.18. The van der Waals surface area contributed by atoms with E-state index in [4.69, 9.17) is 11.6 Å². The van der Waals surface area contributed by atoms with Gasteiger partial charge < -0.3 is 4.90 Å². The third kappa shape index (κ3) is 4.60. The van der Waals surface area contributed by atoms with Crippen LogP contribution in [0, 0.1) is 0 Å². The minimum atomic E-state index is -4.44. The molecule has 0 saturated carbocycles. The molecule has 17 heavy (non-hydrogen) atoms. The Hall–Kier alpha value is -1.30. The van der Waals surface area contributed by atoms with Gasteiger partial charge in [-0.1, -0.05) is 0 Å². The lowest BCUT2D eigenvalue weighted by Crippen LogP contribution is -2.40. The Balaban J connectivity index is 2.81. The maximum atomic E-state index is 12.3. The summed E-state index contributed by atoms with van der Waals surface area (Å²) in [5.41, 5.74) is 0.161. The number of hydrogen-bond acceptors (Lipinski definition) is 2. The van der Waals surface area contributed by atoms with E-state index in [1.165, 1.54) is 24.5 Å². The molecule has 1 amide bonds. The first-order valence-corrected chi connectivity index (χ1v) is 5.29. The van der Waals surface area contributed by atoms with E-state index in [0.29, 0.717) is 4.90 Å². The molecular weight excluding hydrogens is 257 g/mol. The van der Waals surface area contributed by atoms with Crippen molar-refractivity contribution in [3.8, 4) is 0 Å². The van der Waals surface area contributed by atoms with Gasteiger partial charge in [0.05, 0.1) is 0 Å². The van der Waals surface area contributed by atoms with Gasteiger partial charge in [-0.25, -0.2) is 0 Å². The highest BCUT2D eigenvalue weighted by Gasteiger charge is 2.33. The van der Waals surface area contributed by atoms with E-state index in [0.717, 1.165) is 0 Å². The molecule has 1 heterocycles. The predicted molar refractivity (Wildman–Crippen MR) is 56.9 cm³/mol. The summed E-state index contributed by atoms with van der Waals surface area (Å²) in [4.78, 5) is 16.1. The largest absolute Gasteiger partial charge is 0.406 e. The zero-order chi connectivity index (χ0) is 12.9. The second-order valence-electron chi connectivity index (χ2n) is 3.27. The highest BCUT2D eigenvalue weighted by atomic mass is 35.5. The van der Waals surface area contributed by atoms with Crippen molar-refractivity contribution < 1.29 is 18.0 Å². The smallest absolute Gasteiger partial charge is 0.328 e. The molecule has 94 valence electrons. The number of pyridine rings is 1. The first kappa shape index (κ1) is 13.8. The number of hydrogen-bond donors (Lipinski definition) is 0. The number of aromatic nitrogens is 1. The predicted octanol–water partition coefficient (Wildman–Crippen LogP) is 2.32. The SMILES string of the molecule is O=C(c1ccncc1)N(CCCl)CC(F)(F)F. The zero-order valence-electron chi connectivity index (χ0n) is 8.75. The van der Waals surface area contributed by atoms with Crippen LogP contribution in [0.2, 0.25) is 0 Å². The van der Waals surface area contributed by atoms with Crippen LogP contribution >= 0.6 is 11.6 Å². The van der Waals surface area contributed by atoms with Gasteiger partial charge in [-0.2, -0.15) is 13.2 Å². The third-order valence-electron chi connectivity index (χ3n) is 1.94. The van der Waals surface area contributed by atoms with Gasteiger partial charge in [0, 0.05) is 30.4 Å². The Morgan fingerprint density at radius 2 is 1.94 bits per heavy atom. The fourth-order valence-electron chi connectivity index (χ4n) is 1.25. The van der Waals surface area contributed by atoms with E-state index in [2.05, 4.69) is 4.98 Å². The van der Waals surface area contributed by atoms with Crippen LogP contribution in [0.15, 0.2) is 24.5 Å². The summed E-state index contributed by atoms with van der Waals surface area (Å²) in [6.07, 6.45) is -1.74. The van der Waals surface area contributed by atoms with Crippen LogP contribution in [0.5, 0.6) is 0 Å². The van der Waals surface area contributed by atoms with Crippen LogP contribution in [0.1, 0.15) is 10.4 Å². The molecule has 0 fully saturated rings. The zero-order valence-corrected chi connectivity index (χ0v) is 9.50. The van der Waals surface area contributed by atoms with E-state index < -0.39 is 18.6 Å². The normalized spacial score (nSPS) is 11.3. The van der Waals surface area contributed by atoms with E-state index in [9.17, 15) is 18.0 Å². The number of halogens is 4. The van der Waals surface area contributed by atoms with Gasteiger partial charge in [-0.15, -0.1) is 11.6 Å². The van der Waals surface area contributed by atoms with Crippen molar-refractivity contribution in [2.45, 2.75) is 6.18 Å². The van der Waals surface area contributed by atoms with Crippen molar-refractivity contribution in [3.05, 3.63) is 30.1 Å². The molecule has 1 aromatic rings. The van der Waals surface area contributed by atoms with Crippen molar-refractivity contribution in [1.29, 1.82) is 0 Å². The van der Waals surface area contributed by atoms with E-state index in [1.807, 2.05) is 0 Å². The molecule has 7 heteroatoms. The number of nitrogens with zero attached hydrogens (tertiary/aromatic N) is 2. The summed E-state index contributed by atoms with van der Waals surface area (Å²) in [7, 11) is 0. The summed E-state index contributed by atoms with van der Waals surface area (Å²) in [5.74, 6) is -0.752. The van der Waals surface area contributed by atoms with Gasteiger partial charge in [-0.3, -0.25) is 9.78 Å². The molecule has 0 bridgehead atoms. The molecular formula is C10H10ClF3N2O. The molecule has 0 radical (unpaired) electrons. The molecule has 0 aromatic carbocycles. The van der Waals surface area contributed by atoms with Crippen LogP contribution in [-0.4, -0.2) is 40.9 Å². The lowest BCUT2D eigenvalue weighted by atomic mass is 10.2. The van der Waals surface area contributed by atoms with Crippen LogP contribution in [0.25, 0.3) is 0 Å². The molecule has 0 saturated heterocycles. The molecule has 0 unspecified atom stereocenters. The molecule has 1 aromatic heterocycles. The minimum absolute atomic E-state index is 0.0487. The quantitative estimate of drug-likeness (QED) is 0.784. The van der Waals surface area contributed by atoms with Crippen molar-refractivity contribution in [2.24, 2.45) is 0 Å². The molecule has 0 N–H and O–H groups in total. The van der Waals surface area contributed by atoms with E-state index >= 15 is 0 Å². The van der Waals surface area contributed by atoms with Crippen LogP contribution in [0.4, 0.5) is 13.2 Å². The van der Waals surface area contributed by atoms with Crippen molar-refractivity contribution in [3.63, 3.8) is 0 Å². The van der Waals surface area contributed by atoms with Crippen LogP contribution in [-0.2, 0) is 0 Å². The van der Waals surface area contributed by atoms with Gasteiger partial charge in [0.15, 0.2) is 0 Å². The molecule has 0 atom stereocenters. The second-order valence-corrected chi connectivity index (χ2v) is 3.64. The number of rotatable bonds is 4. The number of carbonyl (C=O) groups excluding carboxylic acids is 1. The molecule has 3 nitrogen and oxygen atoms in total. The Morgan fingerprint density at radius 3 is 2.41 bits per heavy atom. The highest BCUT2D eigenvalue weighted by Crippen LogP contribution is 2.18. The summed E-state index contributed by atoms with van der Waals surface area (Å²) >= 11 is 5.38. The lowest BCUT2D eigenvalue weighted by molar-refractivity contribution is -0.140. The average molecular weight is 267 g/mol. The molecule has 0 aliphatic rings. The van der Waals surface area contributed by atoms with Gasteiger partial charge in [0.2, 0.25) is 0 Å². The second kappa shape index (κ2) is 5.86. The first-order valence-electron chi connectivity index (χ1n) is 4.76. The van der Waals surface area contributed by atoms with Gasteiger partial charge in [-0.05, 0) is 12.1 Å². The topological polar surface area (TPSA) is 33.2 Å². The first-order chi connectivity index (χ1) is 7.94. The fourth-order valence-corrected chi connectivity index (χ4v) is 1.45. The Morgan fingerprint density at radius 1 is 1.35 bits per heavy atom. The maximum absolute atomic E-state index is 12.3.